The van der Waals surface area contributed by atoms with Crippen LogP contribution in [0.4, 0.5) is 8.78 Å². The van der Waals surface area contributed by atoms with Gasteiger partial charge < -0.3 is 5.11 Å². The highest BCUT2D eigenvalue weighted by atomic mass is 32.2. The second-order valence-electron chi connectivity index (χ2n) is 4.91. The average molecular weight is 331 g/mol. The molecule has 10 heteroatoms. The number of hydrogen-bond donors (Lipinski definition) is 2. The molecule has 2 N–H and O–H groups in total. The molecule has 0 amide bonds. The van der Waals surface area contributed by atoms with Gasteiger partial charge in [0, 0.05) is 17.5 Å². The van der Waals surface area contributed by atoms with E-state index in [1.807, 2.05) is 0 Å². The van der Waals surface area contributed by atoms with Crippen LogP contribution in [0, 0.1) is 0 Å². The summed E-state index contributed by atoms with van der Waals surface area (Å²) < 4.78 is 51.8. The van der Waals surface area contributed by atoms with E-state index in [9.17, 15) is 22.0 Å². The normalized spacial score (nSPS) is 19.5. The van der Waals surface area contributed by atoms with Crippen molar-refractivity contribution in [2.45, 2.75) is 23.8 Å². The number of halogens is 2. The molecule has 1 aliphatic rings. The fraction of sp³-hybridized carbons (Fsp3) is 0.333. The first kappa shape index (κ1) is 14.9. The van der Waals surface area contributed by atoms with Crippen molar-refractivity contribution in [2.24, 2.45) is 0 Å². The summed E-state index contributed by atoms with van der Waals surface area (Å²) >= 11 is 0. The number of rotatable bonds is 4. The molecule has 0 bridgehead atoms. The van der Waals surface area contributed by atoms with Crippen LogP contribution in [0.5, 0.6) is 0 Å². The maximum absolute atomic E-state index is 12.9. The lowest BCUT2D eigenvalue weighted by Gasteiger charge is -2.36. The quantitative estimate of drug-likeness (QED) is 0.880. The summed E-state index contributed by atoms with van der Waals surface area (Å²) in [7, 11) is -4.20. The number of carbonyl (C=O) groups is 1. The minimum atomic E-state index is -4.20. The van der Waals surface area contributed by atoms with Crippen molar-refractivity contribution < 1.29 is 27.1 Å². The van der Waals surface area contributed by atoms with Gasteiger partial charge in [-0.05, 0) is 18.6 Å². The van der Waals surface area contributed by atoms with Crippen LogP contribution in [-0.2, 0) is 14.8 Å². The van der Waals surface area contributed by atoms with Crippen molar-refractivity contribution in [1.82, 2.24) is 14.5 Å². The van der Waals surface area contributed by atoms with E-state index < -0.39 is 34.0 Å². The topological polar surface area (TPSA) is 103 Å². The fourth-order valence-corrected chi connectivity index (χ4v) is 4.24. The van der Waals surface area contributed by atoms with Crippen molar-refractivity contribution in [1.29, 1.82) is 0 Å². The molecule has 7 nitrogen and oxygen atoms in total. The molecule has 118 valence electrons. The van der Waals surface area contributed by atoms with E-state index in [1.165, 1.54) is 6.20 Å². The minimum absolute atomic E-state index is 0.0356. The minimum Gasteiger partial charge on any atom is -0.480 e. The highest BCUT2D eigenvalue weighted by molar-refractivity contribution is 7.89. The molecule has 1 atom stereocenters. The van der Waals surface area contributed by atoms with E-state index >= 15 is 0 Å². The van der Waals surface area contributed by atoms with Crippen molar-refractivity contribution in [3.05, 3.63) is 23.9 Å². The Morgan fingerprint density at radius 3 is 2.73 bits per heavy atom. The third-order valence-corrected chi connectivity index (χ3v) is 5.56. The van der Waals surface area contributed by atoms with Crippen LogP contribution < -0.4 is 0 Å². The first-order valence-corrected chi connectivity index (χ1v) is 7.76. The number of sulfonamides is 1. The number of benzene rings is 1. The summed E-state index contributed by atoms with van der Waals surface area (Å²) in [5.74, 6) is -1.26. The highest BCUT2D eigenvalue weighted by Gasteiger charge is 2.43. The van der Waals surface area contributed by atoms with Crippen LogP contribution in [0.1, 0.15) is 18.4 Å². The Morgan fingerprint density at radius 1 is 1.45 bits per heavy atom. The lowest BCUT2D eigenvalue weighted by atomic mass is 10.1. The zero-order chi connectivity index (χ0) is 16.1. The first-order valence-electron chi connectivity index (χ1n) is 6.32. The van der Waals surface area contributed by atoms with Gasteiger partial charge in [0.05, 0.1) is 11.7 Å². The van der Waals surface area contributed by atoms with E-state index in [-0.39, 0.29) is 28.8 Å². The number of nitrogens with one attached hydrogen (secondary N) is 1. The Balaban J connectivity index is 2.16. The van der Waals surface area contributed by atoms with Crippen LogP contribution in [0.2, 0.25) is 0 Å². The molecule has 1 fully saturated rings. The van der Waals surface area contributed by atoms with Crippen molar-refractivity contribution >= 4 is 26.9 Å². The van der Waals surface area contributed by atoms with E-state index in [4.69, 9.17) is 5.11 Å². The van der Waals surface area contributed by atoms with Crippen LogP contribution in [0.25, 0.3) is 10.9 Å². The van der Waals surface area contributed by atoms with Gasteiger partial charge in [-0.15, -0.1) is 0 Å². The van der Waals surface area contributed by atoms with E-state index in [1.54, 1.807) is 0 Å². The Bertz CT molecular complexity index is 849. The highest BCUT2D eigenvalue weighted by Crippen LogP contribution is 2.33. The molecule has 3 rings (SSSR count). The maximum atomic E-state index is 12.9. The largest absolute Gasteiger partial charge is 0.480 e. The number of alkyl halides is 2. The van der Waals surface area contributed by atoms with Gasteiger partial charge in [-0.1, -0.05) is 0 Å². The zero-order valence-corrected chi connectivity index (χ0v) is 11.8. The molecule has 1 saturated heterocycles. The summed E-state index contributed by atoms with van der Waals surface area (Å²) in [6.07, 6.45) is -1.42. The Labute approximate surface area is 123 Å². The molecule has 0 unspecified atom stereocenters. The number of carboxylic acid groups (broad SMARTS) is 1. The van der Waals surface area contributed by atoms with Gasteiger partial charge in [0.25, 0.3) is 6.43 Å². The van der Waals surface area contributed by atoms with Gasteiger partial charge in [-0.2, -0.15) is 9.40 Å². The van der Waals surface area contributed by atoms with Crippen LogP contribution >= 0.6 is 0 Å². The Morgan fingerprint density at radius 2 is 2.18 bits per heavy atom. The number of carboxylic acids is 1. The Hall–Kier alpha value is -2.07. The molecule has 0 radical (unpaired) electrons. The fourth-order valence-electron chi connectivity index (χ4n) is 2.40. The van der Waals surface area contributed by atoms with Gasteiger partial charge >= 0.3 is 5.97 Å². The van der Waals surface area contributed by atoms with Gasteiger partial charge in [0.2, 0.25) is 10.0 Å². The van der Waals surface area contributed by atoms with Gasteiger partial charge in [0.15, 0.2) is 0 Å². The molecule has 0 aliphatic carbocycles. The number of fused-ring (bicyclic) bond motifs is 1. The maximum Gasteiger partial charge on any atom is 0.322 e. The van der Waals surface area contributed by atoms with Crippen molar-refractivity contribution in [3.8, 4) is 0 Å². The van der Waals surface area contributed by atoms with Gasteiger partial charge in [-0.25, -0.2) is 17.2 Å². The predicted octanol–water partition coefficient (Wildman–Crippen LogP) is 1.35. The molecule has 1 aromatic heterocycles. The van der Waals surface area contributed by atoms with Gasteiger partial charge in [0.1, 0.15) is 10.9 Å². The standard InChI is InChI=1S/C12H11F2N3O4S/c13-11(14)6-3-7-5-15-16-10(7)9(4-6)22(20,21)17-2-1-8(17)12(18)19/h3-5,8,11H,1-2H2,(H,15,16)(H,18,19)/t8-/m0/s1. The third kappa shape index (κ3) is 2.15. The summed E-state index contributed by atoms with van der Waals surface area (Å²) in [5, 5.41) is 15.3. The molecule has 0 saturated carbocycles. The molecule has 22 heavy (non-hydrogen) atoms. The van der Waals surface area contributed by atoms with E-state index in [0.717, 1.165) is 16.4 Å². The second-order valence-corrected chi connectivity index (χ2v) is 6.77. The molecule has 2 aromatic rings. The van der Waals surface area contributed by atoms with E-state index in [2.05, 4.69) is 10.2 Å². The number of H-pyrrole nitrogens is 1. The summed E-state index contributed by atoms with van der Waals surface area (Å²) in [6, 6.07) is 0.837. The predicted molar refractivity (Wildman–Crippen MR) is 71.0 cm³/mol. The number of hydrogen-bond acceptors (Lipinski definition) is 4. The monoisotopic (exact) mass is 331 g/mol. The second kappa shape index (κ2) is 4.99. The van der Waals surface area contributed by atoms with Crippen molar-refractivity contribution in [2.75, 3.05) is 6.54 Å². The lowest BCUT2D eigenvalue weighted by molar-refractivity contribution is -0.144. The van der Waals surface area contributed by atoms with Crippen LogP contribution in [0.3, 0.4) is 0 Å². The Kier molecular flexibility index (Phi) is 3.37. The van der Waals surface area contributed by atoms with Crippen LogP contribution in [-0.4, -0.2) is 46.6 Å². The first-order chi connectivity index (χ1) is 10.3. The summed E-state index contributed by atoms with van der Waals surface area (Å²) in [5.41, 5.74) is -0.375. The summed E-state index contributed by atoms with van der Waals surface area (Å²) in [6.45, 7) is 0.0356. The third-order valence-electron chi connectivity index (χ3n) is 3.63. The van der Waals surface area contributed by atoms with Crippen LogP contribution in [0.15, 0.2) is 23.2 Å². The molecule has 1 aromatic carbocycles. The number of aliphatic carboxylic acids is 1. The molecular formula is C12H11F2N3O4S. The SMILES string of the molecule is O=C(O)[C@@H]1CCN1S(=O)(=O)c1cc(C(F)F)cc2cn[nH]c12. The molecule has 0 spiro atoms. The average Bonchev–Trinajstić information content (AvgIpc) is 2.82. The smallest absolute Gasteiger partial charge is 0.322 e. The van der Waals surface area contributed by atoms with E-state index in [0.29, 0.717) is 0 Å². The summed E-state index contributed by atoms with van der Waals surface area (Å²) in [4.78, 5) is 10.6. The number of aromatic amines is 1. The molecule has 2 heterocycles. The molecular weight excluding hydrogens is 320 g/mol. The van der Waals surface area contributed by atoms with Crippen molar-refractivity contribution in [3.63, 3.8) is 0 Å². The number of nitrogens with zero attached hydrogens (tertiary/aromatic N) is 2. The zero-order valence-electron chi connectivity index (χ0n) is 11.0. The molecule has 1 aliphatic heterocycles. The van der Waals surface area contributed by atoms with Gasteiger partial charge in [-0.3, -0.25) is 9.89 Å². The number of aromatic nitrogens is 2. The lowest BCUT2D eigenvalue weighted by Crippen LogP contribution is -2.54.